The number of rotatable bonds is 11. The van der Waals surface area contributed by atoms with Crippen molar-refractivity contribution in [2.24, 2.45) is 0 Å². The van der Waals surface area contributed by atoms with E-state index in [0.717, 1.165) is 0 Å². The number of hydrogen-bond acceptors (Lipinski definition) is 16. The van der Waals surface area contributed by atoms with Gasteiger partial charge in [-0.05, 0) is 90.3 Å². The molecule has 23 heteroatoms. The lowest BCUT2D eigenvalue weighted by molar-refractivity contribution is -0.0941. The van der Waals surface area contributed by atoms with Crippen LogP contribution in [0.5, 0.6) is 11.5 Å². The molecule has 6 heterocycles. The van der Waals surface area contributed by atoms with Crippen LogP contribution in [0.1, 0.15) is 79.4 Å². The van der Waals surface area contributed by atoms with Gasteiger partial charge in [-0.1, -0.05) is 69.3 Å². The molecular formula is C50H63N4O15PS2Si. The molecule has 0 spiro atoms. The fourth-order valence-corrected chi connectivity index (χ4v) is 13.7. The van der Waals surface area contributed by atoms with Crippen molar-refractivity contribution in [1.82, 2.24) is 19.1 Å². The number of H-pyrrole nitrogens is 2. The van der Waals surface area contributed by atoms with E-state index in [1.165, 1.54) is 21.5 Å². The van der Waals surface area contributed by atoms with Gasteiger partial charge >= 0.3 is 18.1 Å². The minimum absolute atomic E-state index is 0.0246. The number of aromatic nitrogens is 4. The molecule has 2 N–H and O–H groups in total. The molecule has 3 aromatic carbocycles. The van der Waals surface area contributed by atoms with Crippen molar-refractivity contribution < 1.29 is 50.1 Å². The molecule has 7 atom stereocenters. The van der Waals surface area contributed by atoms with Crippen LogP contribution in [0.2, 0.25) is 18.1 Å². The van der Waals surface area contributed by atoms with E-state index in [9.17, 15) is 27.6 Å². The zero-order chi connectivity index (χ0) is 52.7. The maximum Gasteiger partial charge on any atom is 0.330 e. The summed E-state index contributed by atoms with van der Waals surface area (Å²) in [6.45, 7) is 8.68. The highest BCUT2D eigenvalue weighted by Gasteiger charge is 2.48. The summed E-state index contributed by atoms with van der Waals surface area (Å²) < 4.78 is 88.7. The predicted molar refractivity (Wildman–Crippen MR) is 278 cm³/mol. The molecule has 0 saturated carbocycles. The molecule has 4 aliphatic heterocycles. The third kappa shape index (κ3) is 11.8. The zero-order valence-electron chi connectivity index (χ0n) is 42.3. The smallest absolute Gasteiger partial charge is 0.330 e. The van der Waals surface area contributed by atoms with E-state index in [0.29, 0.717) is 39.3 Å². The number of ether oxygens (including phenoxy) is 5. The molecule has 2 aromatic heterocycles. The van der Waals surface area contributed by atoms with Gasteiger partial charge in [-0.25, -0.2) is 18.0 Å². The number of hydrogen-bond donors (Lipinski definition) is 2. The fourth-order valence-electron chi connectivity index (χ4n) is 8.91. The number of aryl methyl sites for hydroxylation is 2. The Kier molecular flexibility index (Phi) is 16.0. The van der Waals surface area contributed by atoms with Crippen LogP contribution in [-0.4, -0.2) is 100 Å². The molecule has 0 unspecified atom stereocenters. The summed E-state index contributed by atoms with van der Waals surface area (Å²) in [5.74, 6) is 0.433. The molecule has 73 heavy (non-hydrogen) atoms. The van der Waals surface area contributed by atoms with Gasteiger partial charge in [0.1, 0.15) is 41.8 Å². The molecule has 2 bridgehead atoms. The maximum atomic E-state index is 13.9. The van der Waals surface area contributed by atoms with Crippen LogP contribution in [-0.2, 0) is 65.2 Å². The highest BCUT2D eigenvalue weighted by atomic mass is 32.5. The minimum atomic E-state index is -4.06. The third-order valence-electron chi connectivity index (χ3n) is 14.0. The van der Waals surface area contributed by atoms with Gasteiger partial charge < -0.3 is 41.7 Å². The van der Waals surface area contributed by atoms with Gasteiger partial charge in [0.25, 0.3) is 11.1 Å². The second-order valence-electron chi connectivity index (χ2n) is 20.1. The Bertz CT molecular complexity index is 3140. The average Bonchev–Trinajstić information content (AvgIpc) is 3.93. The predicted octanol–water partition coefficient (Wildman–Crippen LogP) is 6.27. The van der Waals surface area contributed by atoms with Gasteiger partial charge in [0.05, 0.1) is 57.8 Å². The Labute approximate surface area is 429 Å². The molecule has 9 rings (SSSR count). The lowest BCUT2D eigenvalue weighted by atomic mass is 9.79. The molecule has 4 aliphatic rings. The van der Waals surface area contributed by atoms with E-state index in [4.69, 9.17) is 53.5 Å². The Balaban J connectivity index is 1.21. The van der Waals surface area contributed by atoms with Crippen molar-refractivity contribution in [1.29, 1.82) is 0 Å². The van der Waals surface area contributed by atoms with Gasteiger partial charge in [-0.2, -0.15) is 0 Å². The van der Waals surface area contributed by atoms with Crippen LogP contribution in [0.4, 0.5) is 0 Å². The summed E-state index contributed by atoms with van der Waals surface area (Å²) in [5.41, 5.74) is -0.773. The SMILES string of the molecule is COc1ccc(C2(c3ccc(OC)cc3)OC[C@H]3O[C@@H](n4cc(C)c(=O)[nH]c4=O)C[C@@H]3O[P@](=S)(OC[C@H]3O[C@@H](n4cc(C)c(=O)[nH]c4=O)C[C@@H]3O[Si](C)(C)C(C)(C)C)OCCS(=O)(=O)Cc3ccc2cc3)cc1. The topological polar surface area (TPSA) is 227 Å². The standard InChI is InChI=1S/C50H63N4O15PS2Si/c1-31-26-53(47(57)51-45(31)55)43-24-39-41(66-43)28-63-50(35-14-18-37(61-6)19-15-35,36-16-20-38(62-7)21-17-36)34-12-10-33(11-13-34)30-72(59,60)23-22-64-70(71,68-39)65-29-42-40(69-73(8,9)49(3,4)5)25-44(67-42)54-27-32(2)46(56)52-48(54)58/h10-21,26-27,39-44H,22-25,28-30H2,1-9H3,(H,51,55,57)(H,52,56,58)/t39-,40-,41+,42+,43+,44+,70+/m0/s1. The van der Waals surface area contributed by atoms with Crippen molar-refractivity contribution in [3.8, 4) is 11.5 Å². The minimum Gasteiger partial charge on any atom is -0.497 e. The van der Waals surface area contributed by atoms with Crippen molar-refractivity contribution in [3.63, 3.8) is 0 Å². The largest absolute Gasteiger partial charge is 0.497 e. The number of fused-ring (bicyclic) bond motifs is 10. The van der Waals surface area contributed by atoms with Gasteiger partial charge in [0.15, 0.2) is 18.2 Å². The van der Waals surface area contributed by atoms with Crippen LogP contribution in [0.15, 0.2) is 104 Å². The quantitative estimate of drug-likeness (QED) is 0.110. The maximum absolute atomic E-state index is 13.9. The summed E-state index contributed by atoms with van der Waals surface area (Å²) in [6, 6.07) is 21.9. The highest BCUT2D eigenvalue weighted by Crippen LogP contribution is 2.55. The molecule has 2 fully saturated rings. The first-order valence-electron chi connectivity index (χ1n) is 23.9. The number of nitrogens with one attached hydrogen (secondary N) is 2. The number of aromatic amines is 2. The molecule has 2 saturated heterocycles. The zero-order valence-corrected chi connectivity index (χ0v) is 45.8. The lowest BCUT2D eigenvalue weighted by Crippen LogP contribution is -2.46. The van der Waals surface area contributed by atoms with E-state index < -0.39 is 102 Å². The molecule has 394 valence electrons. The molecule has 0 amide bonds. The Hall–Kier alpha value is -4.84. The van der Waals surface area contributed by atoms with E-state index in [1.54, 1.807) is 40.2 Å². The fraction of sp³-hybridized carbons (Fsp3) is 0.480. The summed E-state index contributed by atoms with van der Waals surface area (Å²) in [7, 11) is -3.22. The Morgan fingerprint density at radius 3 is 1.78 bits per heavy atom. The van der Waals surface area contributed by atoms with Crippen LogP contribution in [0, 0.1) is 13.8 Å². The highest BCUT2D eigenvalue weighted by molar-refractivity contribution is 8.07. The van der Waals surface area contributed by atoms with E-state index in [1.807, 2.05) is 60.7 Å². The van der Waals surface area contributed by atoms with E-state index in [2.05, 4.69) is 43.8 Å². The first kappa shape index (κ1) is 54.4. The monoisotopic (exact) mass is 1080 g/mol. The molecule has 5 aromatic rings. The van der Waals surface area contributed by atoms with E-state index in [-0.39, 0.29) is 42.4 Å². The van der Waals surface area contributed by atoms with Crippen molar-refractivity contribution in [3.05, 3.63) is 160 Å². The van der Waals surface area contributed by atoms with Crippen molar-refractivity contribution in [2.75, 3.05) is 39.8 Å². The third-order valence-corrected chi connectivity index (χ3v) is 22.5. The summed E-state index contributed by atoms with van der Waals surface area (Å²) >= 11 is 6.23. The normalized spacial score (nSPS) is 25.5. The first-order chi connectivity index (χ1) is 34.4. The first-order valence-corrected chi connectivity index (χ1v) is 31.1. The Morgan fingerprint density at radius 2 is 1.27 bits per heavy atom. The second kappa shape index (κ2) is 21.4. The van der Waals surface area contributed by atoms with Gasteiger partial charge in [-0.3, -0.25) is 28.7 Å². The molecular weight excluding hydrogens is 1020 g/mol. The van der Waals surface area contributed by atoms with Crippen molar-refractivity contribution in [2.45, 2.75) is 114 Å². The molecule has 0 aliphatic carbocycles. The average molecular weight is 1080 g/mol. The summed E-state index contributed by atoms with van der Waals surface area (Å²) in [4.78, 5) is 56.3. The van der Waals surface area contributed by atoms with Crippen LogP contribution in [0.25, 0.3) is 0 Å². The van der Waals surface area contributed by atoms with Gasteiger partial charge in [0, 0.05) is 36.4 Å². The second-order valence-corrected chi connectivity index (χ2v) is 30.0. The van der Waals surface area contributed by atoms with E-state index >= 15 is 0 Å². The number of nitrogens with zero attached hydrogens (tertiary/aromatic N) is 2. The summed E-state index contributed by atoms with van der Waals surface area (Å²) in [6.07, 6.45) is -2.41. The molecule has 19 nitrogen and oxygen atoms in total. The lowest BCUT2D eigenvalue weighted by Gasteiger charge is -2.39. The van der Waals surface area contributed by atoms with Crippen LogP contribution >= 0.6 is 6.72 Å². The van der Waals surface area contributed by atoms with Crippen LogP contribution < -0.4 is 32.0 Å². The van der Waals surface area contributed by atoms with Gasteiger partial charge in [0.2, 0.25) is 0 Å². The van der Waals surface area contributed by atoms with Crippen molar-refractivity contribution >= 4 is 36.7 Å². The Morgan fingerprint density at radius 1 is 0.767 bits per heavy atom. The molecule has 0 radical (unpaired) electrons. The number of sulfone groups is 1. The van der Waals surface area contributed by atoms with Gasteiger partial charge in [-0.15, -0.1) is 0 Å². The van der Waals surface area contributed by atoms with Crippen LogP contribution in [0.3, 0.4) is 0 Å². The number of benzene rings is 3. The number of methoxy groups -OCH3 is 2. The summed E-state index contributed by atoms with van der Waals surface area (Å²) in [5, 5.41) is -0.225.